The summed E-state index contributed by atoms with van der Waals surface area (Å²) in [4.78, 5) is 25.6. The van der Waals surface area contributed by atoms with Gasteiger partial charge in [0.15, 0.2) is 6.29 Å². The number of hydrogen-bond donors (Lipinski definition) is 1. The van der Waals surface area contributed by atoms with Crippen molar-refractivity contribution in [3.05, 3.63) is 28.8 Å². The van der Waals surface area contributed by atoms with Gasteiger partial charge in [-0.2, -0.15) is 13.2 Å². The lowest BCUT2D eigenvalue weighted by molar-refractivity contribution is -0.149. The molecule has 0 saturated carbocycles. The number of hydrogen-bond acceptors (Lipinski definition) is 6. The molecule has 0 fully saturated rings. The maximum absolute atomic E-state index is 13.1. The Morgan fingerprint density at radius 3 is 2.39 bits per heavy atom. The van der Waals surface area contributed by atoms with Crippen molar-refractivity contribution in [2.24, 2.45) is 0 Å². The number of nitrogens with one attached hydrogen (secondary N) is 1. The molecule has 0 aromatic heterocycles. The number of ether oxygens (including phenoxy) is 3. The van der Waals surface area contributed by atoms with Crippen LogP contribution in [-0.2, 0) is 30.0 Å². The summed E-state index contributed by atoms with van der Waals surface area (Å²) in [6.07, 6.45) is -4.86. The number of anilines is 1. The van der Waals surface area contributed by atoms with E-state index < -0.39 is 35.1 Å². The van der Waals surface area contributed by atoms with Crippen molar-refractivity contribution in [2.75, 3.05) is 39.7 Å². The summed E-state index contributed by atoms with van der Waals surface area (Å²) in [6, 6.07) is 3.13. The number of rotatable bonds is 12. The molecular formula is C20H28ClF3N2O5. The molecule has 0 spiro atoms. The van der Waals surface area contributed by atoms with Crippen molar-refractivity contribution >= 4 is 29.2 Å². The minimum Gasteiger partial charge on any atom is -0.469 e. The van der Waals surface area contributed by atoms with Gasteiger partial charge in [-0.15, -0.1) is 0 Å². The molecule has 0 aliphatic carbocycles. The van der Waals surface area contributed by atoms with Crippen molar-refractivity contribution in [3.8, 4) is 0 Å². The van der Waals surface area contributed by atoms with Gasteiger partial charge in [-0.1, -0.05) is 11.6 Å². The molecule has 1 atom stereocenters. The summed E-state index contributed by atoms with van der Waals surface area (Å²) in [7, 11) is 4.10. The van der Waals surface area contributed by atoms with Crippen molar-refractivity contribution < 1.29 is 37.0 Å². The average Bonchev–Trinajstić information content (AvgIpc) is 2.71. The van der Waals surface area contributed by atoms with Crippen molar-refractivity contribution in [1.82, 2.24) is 4.90 Å². The molecule has 31 heavy (non-hydrogen) atoms. The van der Waals surface area contributed by atoms with Gasteiger partial charge in [-0.3, -0.25) is 9.59 Å². The van der Waals surface area contributed by atoms with Gasteiger partial charge in [-0.25, -0.2) is 0 Å². The van der Waals surface area contributed by atoms with E-state index in [1.165, 1.54) is 38.4 Å². The molecule has 0 bridgehead atoms. The molecule has 1 amide bonds. The van der Waals surface area contributed by atoms with E-state index in [0.717, 1.165) is 6.07 Å². The van der Waals surface area contributed by atoms with Crippen LogP contribution in [0.25, 0.3) is 0 Å². The quantitative estimate of drug-likeness (QED) is 0.370. The van der Waals surface area contributed by atoms with Crippen LogP contribution in [0.1, 0.15) is 31.7 Å². The van der Waals surface area contributed by atoms with E-state index in [4.69, 9.17) is 21.1 Å². The first-order valence-electron chi connectivity index (χ1n) is 9.55. The lowest BCUT2D eigenvalue weighted by Crippen LogP contribution is -2.41. The Bertz CT molecular complexity index is 729. The molecule has 11 heteroatoms. The number of benzene rings is 1. The molecule has 0 radical (unpaired) electrons. The van der Waals surface area contributed by atoms with E-state index in [1.807, 2.05) is 0 Å². The molecule has 1 N–H and O–H groups in total. The fourth-order valence-corrected chi connectivity index (χ4v) is 3.09. The van der Waals surface area contributed by atoms with Crippen LogP contribution < -0.4 is 5.32 Å². The van der Waals surface area contributed by atoms with E-state index in [2.05, 4.69) is 10.1 Å². The Balaban J connectivity index is 2.86. The molecule has 1 rings (SSSR count). The van der Waals surface area contributed by atoms with E-state index >= 15 is 0 Å². The highest BCUT2D eigenvalue weighted by Gasteiger charge is 2.33. The van der Waals surface area contributed by atoms with Crippen LogP contribution in [0.2, 0.25) is 5.02 Å². The highest BCUT2D eigenvalue weighted by Crippen LogP contribution is 2.36. The van der Waals surface area contributed by atoms with Crippen molar-refractivity contribution in [1.29, 1.82) is 0 Å². The van der Waals surface area contributed by atoms with Crippen LogP contribution in [0.5, 0.6) is 0 Å². The van der Waals surface area contributed by atoms with Gasteiger partial charge in [0.25, 0.3) is 0 Å². The third-order valence-electron chi connectivity index (χ3n) is 4.44. The Kier molecular flexibility index (Phi) is 11.1. The van der Waals surface area contributed by atoms with Crippen LogP contribution in [0, 0.1) is 0 Å². The second-order valence-corrected chi connectivity index (χ2v) is 7.27. The molecule has 0 saturated heterocycles. The Morgan fingerprint density at radius 1 is 1.19 bits per heavy atom. The first-order chi connectivity index (χ1) is 14.5. The monoisotopic (exact) mass is 468 g/mol. The van der Waals surface area contributed by atoms with Crippen molar-refractivity contribution in [2.45, 2.75) is 44.7 Å². The van der Waals surface area contributed by atoms with Gasteiger partial charge in [0, 0.05) is 45.5 Å². The first-order valence-corrected chi connectivity index (χ1v) is 9.93. The average molecular weight is 469 g/mol. The zero-order valence-electron chi connectivity index (χ0n) is 17.9. The van der Waals surface area contributed by atoms with Gasteiger partial charge in [0.2, 0.25) is 5.91 Å². The Morgan fingerprint density at radius 2 is 1.84 bits per heavy atom. The molecular weight excluding hydrogens is 441 g/mol. The second-order valence-electron chi connectivity index (χ2n) is 6.86. The molecule has 7 nitrogen and oxygen atoms in total. The first kappa shape index (κ1) is 27.0. The minimum atomic E-state index is -4.58. The second kappa shape index (κ2) is 12.7. The number of methoxy groups -OCH3 is 3. The maximum atomic E-state index is 13.1. The fourth-order valence-electron chi connectivity index (χ4n) is 2.86. The molecule has 1 unspecified atom stereocenters. The van der Waals surface area contributed by atoms with Gasteiger partial charge < -0.3 is 24.4 Å². The summed E-state index contributed by atoms with van der Waals surface area (Å²) < 4.78 is 54.0. The number of esters is 1. The summed E-state index contributed by atoms with van der Waals surface area (Å²) >= 11 is 5.65. The summed E-state index contributed by atoms with van der Waals surface area (Å²) in [5, 5.41) is 2.56. The van der Waals surface area contributed by atoms with Crippen LogP contribution in [0.15, 0.2) is 18.2 Å². The fraction of sp³-hybridized carbons (Fsp3) is 0.600. The molecule has 0 aliphatic rings. The predicted molar refractivity (Wildman–Crippen MR) is 110 cm³/mol. The third-order valence-corrected chi connectivity index (χ3v) is 4.77. The molecule has 0 aliphatic heterocycles. The SMILES string of the molecule is COC(=O)CCCN(CC(C)Nc1ccc(Cl)c(C(F)(F)F)c1)C(=O)CC(OC)OC. The maximum Gasteiger partial charge on any atom is 0.417 e. The standard InChI is InChI=1S/C20H28ClF3N2O5/c1-13(25-14-7-8-16(21)15(10-14)20(22,23)24)12-26(9-5-6-18(28)29-2)17(27)11-19(30-3)31-4/h7-8,10,13,19,25H,5-6,9,11-12H2,1-4H3. The highest BCUT2D eigenvalue weighted by atomic mass is 35.5. The summed E-state index contributed by atoms with van der Waals surface area (Å²) in [5.74, 6) is -0.676. The normalized spacial score (nSPS) is 12.5. The predicted octanol–water partition coefficient (Wildman–Crippen LogP) is 3.95. The van der Waals surface area contributed by atoms with Gasteiger partial charge >= 0.3 is 12.1 Å². The summed E-state index contributed by atoms with van der Waals surface area (Å²) in [6.45, 7) is 2.17. The van der Waals surface area contributed by atoms with Gasteiger partial charge in [0.1, 0.15) is 0 Å². The van der Waals surface area contributed by atoms with Crippen LogP contribution in [0.4, 0.5) is 18.9 Å². The third kappa shape index (κ3) is 9.32. The largest absolute Gasteiger partial charge is 0.469 e. The van der Waals surface area contributed by atoms with Gasteiger partial charge in [0.05, 0.1) is 24.1 Å². The zero-order valence-corrected chi connectivity index (χ0v) is 18.7. The number of carbonyl (C=O) groups excluding carboxylic acids is 2. The van der Waals surface area contributed by atoms with Crippen LogP contribution >= 0.6 is 11.6 Å². The Hall–Kier alpha value is -2.04. The summed E-state index contributed by atoms with van der Waals surface area (Å²) in [5.41, 5.74) is -0.724. The number of amides is 1. The zero-order chi connectivity index (χ0) is 23.6. The molecule has 176 valence electrons. The topological polar surface area (TPSA) is 77.1 Å². The molecule has 1 aromatic rings. The van der Waals surface area contributed by atoms with Crippen molar-refractivity contribution in [3.63, 3.8) is 0 Å². The van der Waals surface area contributed by atoms with E-state index in [-0.39, 0.29) is 37.5 Å². The highest BCUT2D eigenvalue weighted by molar-refractivity contribution is 6.31. The van der Waals surface area contributed by atoms with E-state index in [9.17, 15) is 22.8 Å². The van der Waals surface area contributed by atoms with Crippen LogP contribution in [0.3, 0.4) is 0 Å². The number of halogens is 4. The number of carbonyl (C=O) groups is 2. The van der Waals surface area contributed by atoms with Crippen LogP contribution in [-0.4, -0.2) is 63.5 Å². The lowest BCUT2D eigenvalue weighted by Gasteiger charge is -2.28. The van der Waals surface area contributed by atoms with E-state index in [0.29, 0.717) is 6.42 Å². The molecule has 0 heterocycles. The van der Waals surface area contributed by atoms with Gasteiger partial charge in [-0.05, 0) is 31.5 Å². The number of nitrogens with zero attached hydrogens (tertiary/aromatic N) is 1. The van der Waals surface area contributed by atoms with E-state index in [1.54, 1.807) is 6.92 Å². The number of alkyl halides is 3. The minimum absolute atomic E-state index is 0.0445. The smallest absolute Gasteiger partial charge is 0.417 e. The molecule has 1 aromatic carbocycles. The lowest BCUT2D eigenvalue weighted by atomic mass is 10.1. The Labute approximate surface area is 184 Å².